The van der Waals surface area contributed by atoms with Crippen LogP contribution in [-0.4, -0.2) is 37.0 Å². The Morgan fingerprint density at radius 3 is 2.52 bits per heavy atom. The third kappa shape index (κ3) is 2.96. The van der Waals surface area contributed by atoms with E-state index in [1.54, 1.807) is 6.07 Å². The SMILES string of the molecule is O=C(CC1CC2CCC1C2)N1CCN(c2ccccc2F)CC1. The zero-order chi connectivity index (χ0) is 15.8. The van der Waals surface area contributed by atoms with Crippen molar-refractivity contribution in [3.63, 3.8) is 0 Å². The minimum atomic E-state index is -0.172. The third-order valence-electron chi connectivity index (χ3n) is 6.15. The zero-order valence-electron chi connectivity index (χ0n) is 13.6. The number of fused-ring (bicyclic) bond motifs is 2. The number of nitrogens with zero attached hydrogens (tertiary/aromatic N) is 2. The molecule has 124 valence electrons. The van der Waals surface area contributed by atoms with Crippen LogP contribution in [0.5, 0.6) is 0 Å². The summed E-state index contributed by atoms with van der Waals surface area (Å²) in [6.07, 6.45) is 6.09. The molecule has 3 unspecified atom stereocenters. The van der Waals surface area contributed by atoms with Crippen LogP contribution in [0.15, 0.2) is 24.3 Å². The highest BCUT2D eigenvalue weighted by Gasteiger charge is 2.40. The number of carbonyl (C=O) groups excluding carboxylic acids is 1. The van der Waals surface area contributed by atoms with Crippen LogP contribution in [0.4, 0.5) is 10.1 Å². The molecule has 2 aliphatic carbocycles. The van der Waals surface area contributed by atoms with E-state index in [-0.39, 0.29) is 5.82 Å². The molecule has 1 aromatic rings. The normalized spacial score (nSPS) is 30.0. The first kappa shape index (κ1) is 15.0. The summed E-state index contributed by atoms with van der Waals surface area (Å²) in [5.74, 6) is 2.48. The summed E-state index contributed by atoms with van der Waals surface area (Å²) in [5, 5.41) is 0. The van der Waals surface area contributed by atoms with Crippen molar-refractivity contribution in [1.29, 1.82) is 0 Å². The molecule has 3 nitrogen and oxygen atoms in total. The number of hydrogen-bond donors (Lipinski definition) is 0. The fourth-order valence-corrected chi connectivity index (χ4v) is 4.88. The van der Waals surface area contributed by atoms with Crippen molar-refractivity contribution in [2.45, 2.75) is 32.1 Å². The molecule has 2 saturated carbocycles. The maximum absolute atomic E-state index is 13.9. The van der Waals surface area contributed by atoms with Gasteiger partial charge in [-0.15, -0.1) is 0 Å². The highest BCUT2D eigenvalue weighted by atomic mass is 19.1. The number of para-hydroxylation sites is 1. The summed E-state index contributed by atoms with van der Waals surface area (Å²) in [6, 6.07) is 6.91. The van der Waals surface area contributed by atoms with Gasteiger partial charge in [0.1, 0.15) is 5.82 Å². The number of hydrogen-bond acceptors (Lipinski definition) is 2. The summed E-state index contributed by atoms with van der Waals surface area (Å²) in [6.45, 7) is 2.88. The Morgan fingerprint density at radius 2 is 1.87 bits per heavy atom. The van der Waals surface area contributed by atoms with Crippen LogP contribution in [0.25, 0.3) is 0 Å². The van der Waals surface area contributed by atoms with Gasteiger partial charge < -0.3 is 9.80 Å². The van der Waals surface area contributed by atoms with E-state index in [1.807, 2.05) is 17.0 Å². The number of halogens is 1. The van der Waals surface area contributed by atoms with Gasteiger partial charge in [-0.2, -0.15) is 0 Å². The Kier molecular flexibility index (Phi) is 4.00. The maximum Gasteiger partial charge on any atom is 0.222 e. The lowest BCUT2D eigenvalue weighted by atomic mass is 9.86. The van der Waals surface area contributed by atoms with Gasteiger partial charge in [0.25, 0.3) is 0 Å². The topological polar surface area (TPSA) is 23.6 Å². The van der Waals surface area contributed by atoms with E-state index in [1.165, 1.54) is 31.7 Å². The Balaban J connectivity index is 1.31. The lowest BCUT2D eigenvalue weighted by molar-refractivity contribution is -0.132. The first-order valence-corrected chi connectivity index (χ1v) is 8.98. The largest absolute Gasteiger partial charge is 0.366 e. The van der Waals surface area contributed by atoms with Crippen LogP contribution in [0.1, 0.15) is 32.1 Å². The number of piperazine rings is 1. The standard InChI is InChI=1S/C19H25FN2O/c20-17-3-1-2-4-18(17)21-7-9-22(10-8-21)19(23)13-16-12-14-5-6-15(16)11-14/h1-4,14-16H,5-13H2. The molecule has 0 aromatic heterocycles. The molecule has 0 spiro atoms. The zero-order valence-corrected chi connectivity index (χ0v) is 13.6. The smallest absolute Gasteiger partial charge is 0.222 e. The Hall–Kier alpha value is -1.58. The number of carbonyl (C=O) groups is 1. The van der Waals surface area contributed by atoms with E-state index in [2.05, 4.69) is 4.90 Å². The molecule has 3 aliphatic rings. The first-order valence-electron chi connectivity index (χ1n) is 8.98. The van der Waals surface area contributed by atoms with Gasteiger partial charge in [-0.1, -0.05) is 18.6 Å². The summed E-state index contributed by atoms with van der Waals surface area (Å²) in [4.78, 5) is 16.6. The van der Waals surface area contributed by atoms with Crippen LogP contribution >= 0.6 is 0 Å². The highest BCUT2D eigenvalue weighted by molar-refractivity contribution is 5.77. The van der Waals surface area contributed by atoms with Crippen molar-refractivity contribution in [1.82, 2.24) is 4.90 Å². The van der Waals surface area contributed by atoms with E-state index in [9.17, 15) is 9.18 Å². The molecular weight excluding hydrogens is 291 g/mol. The highest BCUT2D eigenvalue weighted by Crippen LogP contribution is 2.49. The van der Waals surface area contributed by atoms with Gasteiger partial charge in [0.15, 0.2) is 0 Å². The van der Waals surface area contributed by atoms with Gasteiger partial charge in [0.05, 0.1) is 5.69 Å². The summed E-state index contributed by atoms with van der Waals surface area (Å²) in [5.41, 5.74) is 0.660. The summed E-state index contributed by atoms with van der Waals surface area (Å²) < 4.78 is 13.9. The molecule has 1 aromatic carbocycles. The molecule has 0 N–H and O–H groups in total. The van der Waals surface area contributed by atoms with Crippen molar-refractivity contribution in [2.24, 2.45) is 17.8 Å². The molecule has 1 heterocycles. The van der Waals surface area contributed by atoms with Gasteiger partial charge in [-0.3, -0.25) is 4.79 Å². The number of benzene rings is 1. The Labute approximate surface area is 137 Å². The Morgan fingerprint density at radius 1 is 1.09 bits per heavy atom. The van der Waals surface area contributed by atoms with Crippen molar-refractivity contribution in [2.75, 3.05) is 31.1 Å². The molecule has 0 radical (unpaired) electrons. The molecule has 2 bridgehead atoms. The number of amides is 1. The van der Waals surface area contributed by atoms with E-state index in [0.717, 1.165) is 31.3 Å². The number of anilines is 1. The maximum atomic E-state index is 13.9. The van der Waals surface area contributed by atoms with E-state index >= 15 is 0 Å². The average Bonchev–Trinajstić information content (AvgIpc) is 3.18. The number of rotatable bonds is 3. The quantitative estimate of drug-likeness (QED) is 0.854. The van der Waals surface area contributed by atoms with Crippen molar-refractivity contribution >= 4 is 11.6 Å². The fraction of sp³-hybridized carbons (Fsp3) is 0.632. The van der Waals surface area contributed by atoms with Crippen molar-refractivity contribution in [3.05, 3.63) is 30.1 Å². The predicted molar refractivity (Wildman–Crippen MR) is 88.7 cm³/mol. The van der Waals surface area contributed by atoms with E-state index < -0.39 is 0 Å². The molecule has 4 heteroatoms. The molecule has 3 atom stereocenters. The van der Waals surface area contributed by atoms with Gasteiger partial charge in [0, 0.05) is 32.6 Å². The molecule has 1 saturated heterocycles. The monoisotopic (exact) mass is 316 g/mol. The van der Waals surface area contributed by atoms with Crippen molar-refractivity contribution < 1.29 is 9.18 Å². The predicted octanol–water partition coefficient (Wildman–Crippen LogP) is 3.30. The van der Waals surface area contributed by atoms with Crippen LogP contribution < -0.4 is 4.90 Å². The lowest BCUT2D eigenvalue weighted by Gasteiger charge is -2.37. The van der Waals surface area contributed by atoms with Crippen LogP contribution in [0.3, 0.4) is 0 Å². The average molecular weight is 316 g/mol. The van der Waals surface area contributed by atoms with Gasteiger partial charge >= 0.3 is 0 Å². The minimum Gasteiger partial charge on any atom is -0.366 e. The minimum absolute atomic E-state index is 0.172. The summed E-state index contributed by atoms with van der Waals surface area (Å²) >= 11 is 0. The molecular formula is C19H25FN2O. The van der Waals surface area contributed by atoms with Crippen LogP contribution in [0.2, 0.25) is 0 Å². The Bertz CT molecular complexity index is 582. The van der Waals surface area contributed by atoms with Crippen LogP contribution in [-0.2, 0) is 4.79 Å². The van der Waals surface area contributed by atoms with Gasteiger partial charge in [0.2, 0.25) is 5.91 Å². The molecule has 23 heavy (non-hydrogen) atoms. The van der Waals surface area contributed by atoms with E-state index in [0.29, 0.717) is 30.6 Å². The molecule has 1 amide bonds. The second-order valence-electron chi connectivity index (χ2n) is 7.46. The molecule has 1 aliphatic heterocycles. The first-order chi connectivity index (χ1) is 11.2. The van der Waals surface area contributed by atoms with Crippen molar-refractivity contribution in [3.8, 4) is 0 Å². The van der Waals surface area contributed by atoms with E-state index in [4.69, 9.17) is 0 Å². The van der Waals surface area contributed by atoms with Crippen LogP contribution in [0, 0.1) is 23.6 Å². The second-order valence-corrected chi connectivity index (χ2v) is 7.46. The van der Waals surface area contributed by atoms with Gasteiger partial charge in [-0.25, -0.2) is 4.39 Å². The molecule has 4 rings (SSSR count). The summed E-state index contributed by atoms with van der Waals surface area (Å²) in [7, 11) is 0. The fourth-order valence-electron chi connectivity index (χ4n) is 4.88. The second kappa shape index (κ2) is 6.14. The third-order valence-corrected chi connectivity index (χ3v) is 6.15. The van der Waals surface area contributed by atoms with Gasteiger partial charge in [-0.05, 0) is 49.1 Å². The lowest BCUT2D eigenvalue weighted by Crippen LogP contribution is -2.49. The molecule has 3 fully saturated rings.